The molecule has 0 saturated heterocycles. The Balaban J connectivity index is 1.59. The first-order valence-electron chi connectivity index (χ1n) is 8.17. The number of nitrogens with zero attached hydrogens (tertiary/aromatic N) is 5. The van der Waals surface area contributed by atoms with Crippen LogP contribution in [0.5, 0.6) is 5.75 Å². The lowest BCUT2D eigenvalue weighted by Gasteiger charge is -2.15. The van der Waals surface area contributed by atoms with Gasteiger partial charge < -0.3 is 15.4 Å². The normalized spacial score (nSPS) is 11.9. The zero-order valence-electron chi connectivity index (χ0n) is 14.7. The van der Waals surface area contributed by atoms with E-state index >= 15 is 0 Å². The predicted octanol–water partition coefficient (Wildman–Crippen LogP) is 0.990. The number of nitrogens with one attached hydrogen (secondary N) is 2. The van der Waals surface area contributed by atoms with E-state index in [4.69, 9.17) is 4.74 Å². The van der Waals surface area contributed by atoms with Crippen LogP contribution in [0.3, 0.4) is 0 Å². The number of benzene rings is 1. The minimum atomic E-state index is -0.486. The van der Waals surface area contributed by atoms with Crippen LogP contribution < -0.4 is 15.4 Å². The Morgan fingerprint density at radius 3 is 2.92 bits per heavy atom. The van der Waals surface area contributed by atoms with E-state index in [-0.39, 0.29) is 5.91 Å². The molecule has 9 heteroatoms. The number of ether oxygens (including phenoxy) is 1. The molecule has 2 heterocycles. The Labute approximate surface area is 151 Å². The van der Waals surface area contributed by atoms with E-state index in [1.165, 1.54) is 6.33 Å². The van der Waals surface area contributed by atoms with Crippen molar-refractivity contribution >= 4 is 11.6 Å². The molecule has 1 atom stereocenters. The van der Waals surface area contributed by atoms with Gasteiger partial charge in [-0.3, -0.25) is 9.48 Å². The number of carbonyl (C=O) groups excluding carboxylic acids is 1. The molecule has 136 valence electrons. The molecule has 9 nitrogen and oxygen atoms in total. The van der Waals surface area contributed by atoms with Gasteiger partial charge in [0.05, 0.1) is 12.7 Å². The molecular weight excluding hydrogens is 334 g/mol. The summed E-state index contributed by atoms with van der Waals surface area (Å²) in [5.74, 6) is 0.505. The van der Waals surface area contributed by atoms with Crippen molar-refractivity contribution in [1.82, 2.24) is 29.9 Å². The van der Waals surface area contributed by atoms with E-state index in [1.54, 1.807) is 35.0 Å². The third-order valence-corrected chi connectivity index (χ3v) is 3.77. The van der Waals surface area contributed by atoms with Crippen LogP contribution in [0.15, 0.2) is 49.3 Å². The Morgan fingerprint density at radius 1 is 1.35 bits per heavy atom. The number of rotatable bonds is 8. The van der Waals surface area contributed by atoms with E-state index in [2.05, 4.69) is 25.8 Å². The highest BCUT2D eigenvalue weighted by atomic mass is 16.5. The Kier molecular flexibility index (Phi) is 5.59. The maximum Gasteiger partial charge on any atom is 0.246 e. The molecule has 0 saturated carbocycles. The largest absolute Gasteiger partial charge is 0.492 e. The van der Waals surface area contributed by atoms with Gasteiger partial charge in [-0.1, -0.05) is 6.07 Å². The fourth-order valence-electron chi connectivity index (χ4n) is 2.52. The van der Waals surface area contributed by atoms with Gasteiger partial charge in [0, 0.05) is 30.6 Å². The third-order valence-electron chi connectivity index (χ3n) is 3.77. The van der Waals surface area contributed by atoms with Crippen LogP contribution in [-0.2, 0) is 18.4 Å². The quantitative estimate of drug-likeness (QED) is 0.625. The number of carbonyl (C=O) groups is 1. The van der Waals surface area contributed by atoms with Gasteiger partial charge in [-0.2, -0.15) is 10.2 Å². The lowest BCUT2D eigenvalue weighted by Crippen LogP contribution is -2.30. The fourth-order valence-corrected chi connectivity index (χ4v) is 2.52. The number of aryl methyl sites for hydroxylation is 1. The first kappa shape index (κ1) is 17.6. The van der Waals surface area contributed by atoms with Gasteiger partial charge in [-0.25, -0.2) is 9.67 Å². The average molecular weight is 355 g/mol. The van der Waals surface area contributed by atoms with Crippen LogP contribution in [0.4, 0.5) is 5.69 Å². The van der Waals surface area contributed by atoms with Gasteiger partial charge in [-0.15, -0.1) is 0 Å². The second kappa shape index (κ2) is 8.26. The maximum absolute atomic E-state index is 12.6. The molecule has 3 aromatic rings. The summed E-state index contributed by atoms with van der Waals surface area (Å²) in [7, 11) is 3.55. The van der Waals surface area contributed by atoms with Crippen molar-refractivity contribution in [2.24, 2.45) is 7.05 Å². The first-order valence-corrected chi connectivity index (χ1v) is 8.17. The molecule has 1 aromatic carbocycles. The molecule has 0 aliphatic carbocycles. The van der Waals surface area contributed by atoms with Gasteiger partial charge in [0.2, 0.25) is 5.91 Å². The van der Waals surface area contributed by atoms with Crippen molar-refractivity contribution in [3.05, 3.63) is 54.9 Å². The number of amides is 1. The summed E-state index contributed by atoms with van der Waals surface area (Å²) < 4.78 is 9.06. The highest BCUT2D eigenvalue weighted by Gasteiger charge is 2.20. The molecule has 1 amide bonds. The third kappa shape index (κ3) is 4.45. The fraction of sp³-hybridized carbons (Fsp3) is 0.294. The van der Waals surface area contributed by atoms with Gasteiger partial charge in [0.15, 0.2) is 0 Å². The summed E-state index contributed by atoms with van der Waals surface area (Å²) >= 11 is 0. The zero-order chi connectivity index (χ0) is 18.4. The summed E-state index contributed by atoms with van der Waals surface area (Å²) in [5, 5.41) is 14.0. The molecule has 0 spiro atoms. The molecule has 0 fully saturated rings. The Morgan fingerprint density at radius 2 is 2.23 bits per heavy atom. The van der Waals surface area contributed by atoms with E-state index in [1.807, 2.05) is 31.4 Å². The SMILES string of the molecule is CNC(C(=O)Nc1cccc(OCCn2cncn2)c1)c1cnn(C)c1. The lowest BCUT2D eigenvalue weighted by atomic mass is 10.1. The van der Waals surface area contributed by atoms with Crippen molar-refractivity contribution in [3.8, 4) is 5.75 Å². The van der Waals surface area contributed by atoms with E-state index in [9.17, 15) is 4.79 Å². The Bertz CT molecular complexity index is 844. The molecule has 0 radical (unpaired) electrons. The minimum absolute atomic E-state index is 0.166. The van der Waals surface area contributed by atoms with Gasteiger partial charge in [0.1, 0.15) is 31.1 Å². The number of hydrogen-bond donors (Lipinski definition) is 2. The monoisotopic (exact) mass is 355 g/mol. The molecule has 0 bridgehead atoms. The van der Waals surface area contributed by atoms with Gasteiger partial charge in [0.25, 0.3) is 0 Å². The van der Waals surface area contributed by atoms with Crippen molar-refractivity contribution in [3.63, 3.8) is 0 Å². The highest BCUT2D eigenvalue weighted by molar-refractivity contribution is 5.95. The predicted molar refractivity (Wildman–Crippen MR) is 95.6 cm³/mol. The molecule has 0 aliphatic heterocycles. The van der Waals surface area contributed by atoms with Crippen molar-refractivity contribution in [2.75, 3.05) is 19.0 Å². The van der Waals surface area contributed by atoms with Gasteiger partial charge >= 0.3 is 0 Å². The van der Waals surface area contributed by atoms with Crippen molar-refractivity contribution in [1.29, 1.82) is 0 Å². The van der Waals surface area contributed by atoms with Crippen LogP contribution in [-0.4, -0.2) is 44.1 Å². The summed E-state index contributed by atoms with van der Waals surface area (Å²) in [5.41, 5.74) is 1.46. The van der Waals surface area contributed by atoms with E-state index in [0.717, 1.165) is 5.56 Å². The number of likely N-dealkylation sites (N-methyl/N-ethyl adjacent to an activating group) is 1. The topological polar surface area (TPSA) is 98.9 Å². The standard InChI is InChI=1S/C17H21N7O2/c1-18-16(13-9-20-23(2)10-13)17(25)22-14-4-3-5-15(8-14)26-7-6-24-12-19-11-21-24/h3-5,8-12,16,18H,6-7H2,1-2H3,(H,22,25). The summed E-state index contributed by atoms with van der Waals surface area (Å²) in [6, 6.07) is 6.79. The summed E-state index contributed by atoms with van der Waals surface area (Å²) in [6.07, 6.45) is 6.60. The summed E-state index contributed by atoms with van der Waals surface area (Å²) in [6.45, 7) is 1.05. The summed E-state index contributed by atoms with van der Waals surface area (Å²) in [4.78, 5) is 16.4. The van der Waals surface area contributed by atoms with Crippen LogP contribution in [0.1, 0.15) is 11.6 Å². The van der Waals surface area contributed by atoms with Crippen LogP contribution in [0.25, 0.3) is 0 Å². The number of hydrogen-bond acceptors (Lipinski definition) is 6. The molecule has 0 aliphatic rings. The molecule has 3 rings (SSSR count). The smallest absolute Gasteiger partial charge is 0.246 e. The zero-order valence-corrected chi connectivity index (χ0v) is 14.7. The Hall–Kier alpha value is -3.20. The van der Waals surface area contributed by atoms with Crippen LogP contribution >= 0.6 is 0 Å². The number of anilines is 1. The van der Waals surface area contributed by atoms with Crippen LogP contribution in [0.2, 0.25) is 0 Å². The van der Waals surface area contributed by atoms with Crippen molar-refractivity contribution < 1.29 is 9.53 Å². The maximum atomic E-state index is 12.6. The first-order chi connectivity index (χ1) is 12.7. The second-order valence-electron chi connectivity index (χ2n) is 5.69. The average Bonchev–Trinajstić information content (AvgIpc) is 3.28. The van der Waals surface area contributed by atoms with E-state index < -0.39 is 6.04 Å². The molecule has 2 N–H and O–H groups in total. The molecule has 2 aromatic heterocycles. The van der Waals surface area contributed by atoms with Gasteiger partial charge in [-0.05, 0) is 19.2 Å². The van der Waals surface area contributed by atoms with E-state index in [0.29, 0.717) is 24.6 Å². The second-order valence-corrected chi connectivity index (χ2v) is 5.69. The number of aromatic nitrogens is 5. The molecule has 26 heavy (non-hydrogen) atoms. The van der Waals surface area contributed by atoms with Crippen molar-refractivity contribution in [2.45, 2.75) is 12.6 Å². The van der Waals surface area contributed by atoms with Crippen LogP contribution in [0, 0.1) is 0 Å². The molecule has 1 unspecified atom stereocenters. The molecular formula is C17H21N7O2. The lowest BCUT2D eigenvalue weighted by molar-refractivity contribution is -0.118. The minimum Gasteiger partial charge on any atom is -0.492 e. The highest BCUT2D eigenvalue weighted by Crippen LogP contribution is 2.20.